The van der Waals surface area contributed by atoms with Crippen LogP contribution in [-0.4, -0.2) is 71.9 Å². The first-order chi connectivity index (χ1) is 9.86. The lowest BCUT2D eigenvalue weighted by Gasteiger charge is -2.18. The third-order valence-corrected chi connectivity index (χ3v) is 5.49. The van der Waals surface area contributed by atoms with Crippen molar-refractivity contribution in [3.63, 3.8) is 0 Å². The van der Waals surface area contributed by atoms with Crippen molar-refractivity contribution in [1.82, 2.24) is 14.9 Å². The van der Waals surface area contributed by atoms with Crippen molar-refractivity contribution in [2.24, 2.45) is 4.99 Å². The molecule has 1 fully saturated rings. The standard InChI is InChI=1S/C12H17N5O3S/c1-21(19,20)9-5-17(4-8(9)18)3-7-2-14-11-10(7)15-6-16-12(11)13/h2,6-9,18H,3-5H2,1H3,(H2,13,15,16)/t7?,8-,9-/m0/s1. The molecule has 114 valence electrons. The van der Waals surface area contributed by atoms with Gasteiger partial charge in [0.15, 0.2) is 15.7 Å². The third kappa shape index (κ3) is 2.63. The number of hydrogen-bond acceptors (Lipinski definition) is 8. The number of hydrogen-bond donors (Lipinski definition) is 2. The number of sulfone groups is 1. The molecule has 3 N–H and O–H groups in total. The van der Waals surface area contributed by atoms with Gasteiger partial charge in [-0.15, -0.1) is 0 Å². The Kier molecular flexibility index (Phi) is 3.42. The van der Waals surface area contributed by atoms with Gasteiger partial charge in [-0.05, 0) is 0 Å². The second kappa shape index (κ2) is 5.00. The van der Waals surface area contributed by atoms with Crippen molar-refractivity contribution in [2.75, 3.05) is 31.6 Å². The van der Waals surface area contributed by atoms with Gasteiger partial charge in [0.05, 0.1) is 17.7 Å². The van der Waals surface area contributed by atoms with Crippen molar-refractivity contribution >= 4 is 27.6 Å². The number of aliphatic hydroxyl groups is 1. The zero-order chi connectivity index (χ0) is 15.2. The number of anilines is 1. The van der Waals surface area contributed by atoms with E-state index in [-0.39, 0.29) is 5.92 Å². The quantitative estimate of drug-likeness (QED) is 0.730. The first-order valence-electron chi connectivity index (χ1n) is 6.60. The summed E-state index contributed by atoms with van der Waals surface area (Å²) in [6.07, 6.45) is 3.45. The van der Waals surface area contributed by atoms with Crippen LogP contribution in [0.5, 0.6) is 0 Å². The fraction of sp³-hybridized carbons (Fsp3) is 0.583. The molecule has 0 bridgehead atoms. The molecule has 1 saturated heterocycles. The Hall–Kier alpha value is -1.58. The lowest BCUT2D eigenvalue weighted by molar-refractivity contribution is 0.177. The van der Waals surface area contributed by atoms with E-state index in [9.17, 15) is 13.5 Å². The predicted molar refractivity (Wildman–Crippen MR) is 78.4 cm³/mol. The number of fused-ring (bicyclic) bond motifs is 1. The molecule has 2 aliphatic rings. The van der Waals surface area contributed by atoms with Gasteiger partial charge in [-0.3, -0.25) is 9.89 Å². The van der Waals surface area contributed by atoms with E-state index in [1.807, 2.05) is 4.90 Å². The molecule has 21 heavy (non-hydrogen) atoms. The number of rotatable bonds is 3. The maximum Gasteiger partial charge on any atom is 0.154 e. The Balaban J connectivity index is 1.74. The van der Waals surface area contributed by atoms with E-state index in [0.717, 1.165) is 11.9 Å². The Morgan fingerprint density at radius 2 is 2.19 bits per heavy atom. The zero-order valence-electron chi connectivity index (χ0n) is 11.5. The summed E-state index contributed by atoms with van der Waals surface area (Å²) >= 11 is 0. The first-order valence-corrected chi connectivity index (χ1v) is 8.55. The van der Waals surface area contributed by atoms with Crippen LogP contribution in [0.1, 0.15) is 11.6 Å². The molecule has 0 aromatic carbocycles. The molecule has 0 radical (unpaired) electrons. The summed E-state index contributed by atoms with van der Waals surface area (Å²) in [6, 6.07) is 0. The maximum atomic E-state index is 11.6. The van der Waals surface area contributed by atoms with Crippen LogP contribution in [0.3, 0.4) is 0 Å². The van der Waals surface area contributed by atoms with Gasteiger partial charge in [0.1, 0.15) is 17.3 Å². The summed E-state index contributed by atoms with van der Waals surface area (Å²) in [7, 11) is -3.26. The van der Waals surface area contributed by atoms with E-state index >= 15 is 0 Å². The molecule has 0 spiro atoms. The summed E-state index contributed by atoms with van der Waals surface area (Å²) in [6.45, 7) is 1.20. The average Bonchev–Trinajstić information content (AvgIpc) is 2.95. The van der Waals surface area contributed by atoms with Crippen LogP contribution in [0.25, 0.3) is 0 Å². The van der Waals surface area contributed by atoms with Crippen LogP contribution in [0.2, 0.25) is 0 Å². The minimum atomic E-state index is -3.26. The highest BCUT2D eigenvalue weighted by atomic mass is 32.2. The Morgan fingerprint density at radius 3 is 2.86 bits per heavy atom. The van der Waals surface area contributed by atoms with Crippen LogP contribution < -0.4 is 5.73 Å². The van der Waals surface area contributed by atoms with Gasteiger partial charge >= 0.3 is 0 Å². The number of aliphatic imine (C=N–C) groups is 1. The van der Waals surface area contributed by atoms with Crippen LogP contribution in [-0.2, 0) is 9.84 Å². The lowest BCUT2D eigenvalue weighted by Crippen LogP contribution is -2.32. The number of nitrogens with zero attached hydrogens (tertiary/aromatic N) is 4. The van der Waals surface area contributed by atoms with Gasteiger partial charge in [0.2, 0.25) is 0 Å². The minimum Gasteiger partial charge on any atom is -0.390 e. The minimum absolute atomic E-state index is 0.0594. The third-order valence-electron chi connectivity index (χ3n) is 3.93. The number of nitrogens with two attached hydrogens (primary N) is 1. The van der Waals surface area contributed by atoms with E-state index < -0.39 is 21.2 Å². The van der Waals surface area contributed by atoms with Crippen LogP contribution in [0.15, 0.2) is 11.3 Å². The molecule has 3 atom stereocenters. The molecular weight excluding hydrogens is 294 g/mol. The molecule has 3 heterocycles. The molecule has 9 heteroatoms. The van der Waals surface area contributed by atoms with E-state index in [1.165, 1.54) is 6.33 Å². The van der Waals surface area contributed by atoms with E-state index in [0.29, 0.717) is 31.1 Å². The van der Waals surface area contributed by atoms with Gasteiger partial charge in [0.25, 0.3) is 0 Å². The number of nitrogen functional groups attached to an aromatic ring is 1. The number of aliphatic hydroxyl groups excluding tert-OH is 1. The fourth-order valence-corrected chi connectivity index (χ4v) is 4.00. The summed E-state index contributed by atoms with van der Waals surface area (Å²) in [5.74, 6) is 0.282. The normalized spacial score (nSPS) is 29.0. The highest BCUT2D eigenvalue weighted by Gasteiger charge is 2.39. The number of likely N-dealkylation sites (tertiary alicyclic amines) is 1. The van der Waals surface area contributed by atoms with E-state index in [1.54, 1.807) is 6.21 Å². The maximum absolute atomic E-state index is 11.6. The summed E-state index contributed by atoms with van der Waals surface area (Å²) in [4.78, 5) is 14.2. The van der Waals surface area contributed by atoms with Crippen molar-refractivity contribution in [3.8, 4) is 0 Å². The molecule has 0 aliphatic carbocycles. The van der Waals surface area contributed by atoms with E-state index in [2.05, 4.69) is 15.0 Å². The van der Waals surface area contributed by atoms with Crippen molar-refractivity contribution < 1.29 is 13.5 Å². The molecular formula is C12H17N5O3S. The second-order valence-corrected chi connectivity index (χ2v) is 7.80. The van der Waals surface area contributed by atoms with Gasteiger partial charge in [-0.1, -0.05) is 0 Å². The van der Waals surface area contributed by atoms with Crippen LogP contribution in [0, 0.1) is 0 Å². The fourth-order valence-electron chi connectivity index (χ4n) is 2.86. The van der Waals surface area contributed by atoms with Gasteiger partial charge in [0, 0.05) is 32.1 Å². The zero-order valence-corrected chi connectivity index (χ0v) is 12.4. The highest BCUT2D eigenvalue weighted by molar-refractivity contribution is 7.91. The first kappa shape index (κ1) is 14.4. The second-order valence-electron chi connectivity index (χ2n) is 5.53. The van der Waals surface area contributed by atoms with Crippen molar-refractivity contribution in [2.45, 2.75) is 17.3 Å². The van der Waals surface area contributed by atoms with Gasteiger partial charge in [-0.2, -0.15) is 0 Å². The Bertz CT molecular complexity index is 690. The smallest absolute Gasteiger partial charge is 0.154 e. The number of aromatic nitrogens is 2. The molecule has 1 unspecified atom stereocenters. The molecule has 1 aromatic rings. The van der Waals surface area contributed by atoms with Crippen molar-refractivity contribution in [3.05, 3.63) is 12.0 Å². The predicted octanol–water partition coefficient (Wildman–Crippen LogP) is -1.05. The Morgan fingerprint density at radius 1 is 1.43 bits per heavy atom. The monoisotopic (exact) mass is 311 g/mol. The molecule has 8 nitrogen and oxygen atoms in total. The molecule has 3 rings (SSSR count). The molecule has 0 amide bonds. The van der Waals surface area contributed by atoms with E-state index in [4.69, 9.17) is 5.73 Å². The lowest BCUT2D eigenvalue weighted by atomic mass is 10.1. The average molecular weight is 311 g/mol. The number of β-amino-alcohol motifs (C(OH)–C–C–N with tert-alkyl or cyclic N) is 1. The van der Waals surface area contributed by atoms with Gasteiger partial charge in [-0.25, -0.2) is 18.4 Å². The summed E-state index contributed by atoms with van der Waals surface area (Å²) in [5, 5.41) is 9.18. The molecule has 1 aromatic heterocycles. The SMILES string of the molecule is CS(=O)(=O)[C@H]1CN(CC2C=Nc3c(N)ncnc32)C[C@@H]1O. The summed E-state index contributed by atoms with van der Waals surface area (Å²) < 4.78 is 23.2. The molecule has 2 aliphatic heterocycles. The summed E-state index contributed by atoms with van der Waals surface area (Å²) in [5.41, 5.74) is 7.08. The topological polar surface area (TPSA) is 122 Å². The highest BCUT2D eigenvalue weighted by Crippen LogP contribution is 2.34. The Labute approximate surface area is 122 Å². The largest absolute Gasteiger partial charge is 0.390 e. The van der Waals surface area contributed by atoms with Gasteiger partial charge < -0.3 is 10.8 Å². The van der Waals surface area contributed by atoms with Crippen molar-refractivity contribution in [1.29, 1.82) is 0 Å². The van der Waals surface area contributed by atoms with Crippen LogP contribution >= 0.6 is 0 Å². The molecule has 0 saturated carbocycles. The van der Waals surface area contributed by atoms with Crippen LogP contribution in [0.4, 0.5) is 11.5 Å².